The SMILES string of the molecule is C=Cc1ccc(-c2ccc3c(c2)C(C)(C)C(C)(C)c2ccccc2-3)cc1. The lowest BCUT2D eigenvalue weighted by Gasteiger charge is -2.48. The second kappa shape index (κ2) is 5.71. The molecule has 130 valence electrons. The molecule has 26 heavy (non-hydrogen) atoms. The average Bonchev–Trinajstić information content (AvgIpc) is 2.66. The molecule has 0 amide bonds. The highest BCUT2D eigenvalue weighted by molar-refractivity contribution is 5.80. The van der Waals surface area contributed by atoms with Crippen LogP contribution in [0.15, 0.2) is 73.3 Å². The molecule has 0 saturated heterocycles. The van der Waals surface area contributed by atoms with E-state index in [9.17, 15) is 0 Å². The highest BCUT2D eigenvalue weighted by Gasteiger charge is 2.45. The van der Waals surface area contributed by atoms with Gasteiger partial charge >= 0.3 is 0 Å². The Bertz CT molecular complexity index is 985. The molecular weight excluding hydrogens is 312 g/mol. The van der Waals surface area contributed by atoms with Crippen LogP contribution >= 0.6 is 0 Å². The van der Waals surface area contributed by atoms with Crippen molar-refractivity contribution in [2.24, 2.45) is 0 Å². The van der Waals surface area contributed by atoms with Crippen LogP contribution in [0.2, 0.25) is 0 Å². The molecule has 0 unspecified atom stereocenters. The predicted molar refractivity (Wildman–Crippen MR) is 113 cm³/mol. The first-order valence-electron chi connectivity index (χ1n) is 9.33. The van der Waals surface area contributed by atoms with E-state index in [0.717, 1.165) is 5.56 Å². The maximum absolute atomic E-state index is 3.85. The molecule has 0 saturated carbocycles. The minimum Gasteiger partial charge on any atom is -0.0985 e. The zero-order valence-corrected chi connectivity index (χ0v) is 16.1. The Morgan fingerprint density at radius 1 is 0.654 bits per heavy atom. The molecule has 3 aromatic rings. The Hall–Kier alpha value is -2.60. The van der Waals surface area contributed by atoms with Gasteiger partial charge in [-0.2, -0.15) is 0 Å². The Morgan fingerprint density at radius 2 is 1.23 bits per heavy atom. The monoisotopic (exact) mass is 338 g/mol. The van der Waals surface area contributed by atoms with Crippen LogP contribution in [-0.4, -0.2) is 0 Å². The van der Waals surface area contributed by atoms with Gasteiger partial charge in [0.25, 0.3) is 0 Å². The van der Waals surface area contributed by atoms with E-state index in [1.54, 1.807) is 0 Å². The Balaban J connectivity index is 1.93. The zero-order chi connectivity index (χ0) is 18.5. The predicted octanol–water partition coefficient (Wildman–Crippen LogP) is 7.23. The number of hydrogen-bond donors (Lipinski definition) is 0. The summed E-state index contributed by atoms with van der Waals surface area (Å²) < 4.78 is 0. The van der Waals surface area contributed by atoms with Crippen molar-refractivity contribution in [3.63, 3.8) is 0 Å². The molecule has 0 fully saturated rings. The van der Waals surface area contributed by atoms with Crippen molar-refractivity contribution in [2.75, 3.05) is 0 Å². The van der Waals surface area contributed by atoms with Gasteiger partial charge in [-0.25, -0.2) is 0 Å². The highest BCUT2D eigenvalue weighted by atomic mass is 14.5. The topological polar surface area (TPSA) is 0 Å². The van der Waals surface area contributed by atoms with E-state index in [-0.39, 0.29) is 10.8 Å². The normalized spacial score (nSPS) is 16.5. The van der Waals surface area contributed by atoms with E-state index in [1.807, 2.05) is 6.08 Å². The molecule has 0 spiro atoms. The Morgan fingerprint density at radius 3 is 1.92 bits per heavy atom. The van der Waals surface area contributed by atoms with E-state index in [0.29, 0.717) is 0 Å². The smallest absolute Gasteiger partial charge is 0.000546 e. The first-order valence-corrected chi connectivity index (χ1v) is 9.33. The van der Waals surface area contributed by atoms with Gasteiger partial charge < -0.3 is 0 Å². The summed E-state index contributed by atoms with van der Waals surface area (Å²) in [4.78, 5) is 0. The van der Waals surface area contributed by atoms with Crippen LogP contribution in [0.3, 0.4) is 0 Å². The summed E-state index contributed by atoms with van der Waals surface area (Å²) in [5.74, 6) is 0. The largest absolute Gasteiger partial charge is 0.0985 e. The standard InChI is InChI=1S/C26H26/c1-6-18-11-13-19(14-12-18)20-15-16-22-21-9-7-8-10-23(21)25(2,3)26(4,5)24(22)17-20/h6-17H,1H2,2-5H3. The molecule has 3 aromatic carbocycles. The van der Waals surface area contributed by atoms with Crippen molar-refractivity contribution in [3.05, 3.63) is 90.0 Å². The lowest BCUT2D eigenvalue weighted by Crippen LogP contribution is -2.43. The molecule has 0 atom stereocenters. The van der Waals surface area contributed by atoms with Crippen molar-refractivity contribution < 1.29 is 0 Å². The average molecular weight is 338 g/mol. The van der Waals surface area contributed by atoms with Gasteiger partial charge in [-0.3, -0.25) is 0 Å². The lowest BCUT2D eigenvalue weighted by molar-refractivity contribution is 0.299. The first kappa shape index (κ1) is 16.8. The summed E-state index contributed by atoms with van der Waals surface area (Å²) in [5.41, 5.74) is 9.44. The van der Waals surface area contributed by atoms with Gasteiger partial charge in [0.2, 0.25) is 0 Å². The van der Waals surface area contributed by atoms with Crippen LogP contribution in [0, 0.1) is 0 Å². The summed E-state index contributed by atoms with van der Waals surface area (Å²) in [7, 11) is 0. The van der Waals surface area contributed by atoms with Crippen molar-refractivity contribution in [3.8, 4) is 22.3 Å². The highest BCUT2D eigenvalue weighted by Crippen LogP contribution is 2.54. The lowest BCUT2D eigenvalue weighted by atomic mass is 9.55. The molecule has 0 aromatic heterocycles. The second-order valence-electron chi connectivity index (χ2n) is 8.38. The summed E-state index contributed by atoms with van der Waals surface area (Å²) in [6.45, 7) is 13.4. The van der Waals surface area contributed by atoms with Crippen LogP contribution < -0.4 is 0 Å². The fraction of sp³-hybridized carbons (Fsp3) is 0.231. The van der Waals surface area contributed by atoms with E-state index in [1.165, 1.54) is 33.4 Å². The van der Waals surface area contributed by atoms with E-state index >= 15 is 0 Å². The molecule has 0 heteroatoms. The van der Waals surface area contributed by atoms with Crippen LogP contribution in [0.25, 0.3) is 28.3 Å². The summed E-state index contributed by atoms with van der Waals surface area (Å²) in [5, 5.41) is 0. The summed E-state index contributed by atoms with van der Waals surface area (Å²) in [6.07, 6.45) is 1.89. The first-order chi connectivity index (χ1) is 12.4. The van der Waals surface area contributed by atoms with Crippen LogP contribution in [-0.2, 0) is 10.8 Å². The number of benzene rings is 3. The fourth-order valence-electron chi connectivity index (χ4n) is 4.22. The summed E-state index contributed by atoms with van der Waals surface area (Å²) >= 11 is 0. The maximum atomic E-state index is 3.85. The number of hydrogen-bond acceptors (Lipinski definition) is 0. The van der Waals surface area contributed by atoms with Gasteiger partial charge in [-0.05, 0) is 55.8 Å². The molecular formula is C26H26. The van der Waals surface area contributed by atoms with Crippen LogP contribution in [0.5, 0.6) is 0 Å². The number of fused-ring (bicyclic) bond motifs is 3. The van der Waals surface area contributed by atoms with Crippen molar-refractivity contribution in [2.45, 2.75) is 38.5 Å². The van der Waals surface area contributed by atoms with Crippen LogP contribution in [0.1, 0.15) is 44.4 Å². The van der Waals surface area contributed by atoms with Gasteiger partial charge in [0, 0.05) is 0 Å². The third-order valence-corrected chi connectivity index (χ3v) is 6.63. The second-order valence-corrected chi connectivity index (χ2v) is 8.38. The van der Waals surface area contributed by atoms with Crippen LogP contribution in [0.4, 0.5) is 0 Å². The van der Waals surface area contributed by atoms with Crippen molar-refractivity contribution >= 4 is 6.08 Å². The molecule has 0 nitrogen and oxygen atoms in total. The minimum atomic E-state index is 0.0494. The summed E-state index contributed by atoms with van der Waals surface area (Å²) in [6, 6.07) is 24.5. The van der Waals surface area contributed by atoms with E-state index < -0.39 is 0 Å². The van der Waals surface area contributed by atoms with Crippen molar-refractivity contribution in [1.82, 2.24) is 0 Å². The molecule has 0 bridgehead atoms. The Labute approximate surface area is 157 Å². The Kier molecular flexibility index (Phi) is 3.70. The van der Waals surface area contributed by atoms with E-state index in [4.69, 9.17) is 0 Å². The molecule has 0 heterocycles. The fourth-order valence-corrected chi connectivity index (χ4v) is 4.22. The third-order valence-electron chi connectivity index (χ3n) is 6.63. The quantitative estimate of drug-likeness (QED) is 0.462. The van der Waals surface area contributed by atoms with Gasteiger partial charge in [-0.15, -0.1) is 0 Å². The molecule has 0 radical (unpaired) electrons. The van der Waals surface area contributed by atoms with Gasteiger partial charge in [0.15, 0.2) is 0 Å². The zero-order valence-electron chi connectivity index (χ0n) is 16.1. The van der Waals surface area contributed by atoms with Gasteiger partial charge in [-0.1, -0.05) is 101 Å². The molecule has 1 aliphatic rings. The molecule has 1 aliphatic carbocycles. The molecule has 0 N–H and O–H groups in total. The molecule has 0 aliphatic heterocycles. The van der Waals surface area contributed by atoms with E-state index in [2.05, 4.69) is 101 Å². The molecule has 4 rings (SSSR count). The van der Waals surface area contributed by atoms with Gasteiger partial charge in [0.1, 0.15) is 0 Å². The maximum Gasteiger partial charge on any atom is -0.000546 e. The minimum absolute atomic E-state index is 0.0494. The van der Waals surface area contributed by atoms with Crippen molar-refractivity contribution in [1.29, 1.82) is 0 Å². The number of rotatable bonds is 2. The van der Waals surface area contributed by atoms with Gasteiger partial charge in [0.05, 0.1) is 0 Å². The third kappa shape index (κ3) is 2.29.